The molecule has 2 N–H and O–H groups in total. The molecule has 0 aliphatic carbocycles. The Morgan fingerprint density at radius 1 is 0.955 bits per heavy atom. The molecule has 0 heterocycles. The zero-order chi connectivity index (χ0) is 15.9. The number of hydrogen-bond donors (Lipinski definition) is 2. The Hall–Kier alpha value is -1.99. The summed E-state index contributed by atoms with van der Waals surface area (Å²) in [4.78, 5) is 23.3. The summed E-state index contributed by atoms with van der Waals surface area (Å²) in [5.74, 6) is -1.62. The van der Waals surface area contributed by atoms with Gasteiger partial charge >= 0.3 is 11.8 Å². The van der Waals surface area contributed by atoms with Crippen LogP contribution in [0.15, 0.2) is 62.6 Å². The smallest absolute Gasteiger partial charge is 0.318 e. The zero-order valence-electron chi connectivity index (χ0n) is 11.2. The highest BCUT2D eigenvalue weighted by molar-refractivity contribution is 9.10. The molecule has 7 heteroatoms. The molecule has 2 aromatic rings. The summed E-state index contributed by atoms with van der Waals surface area (Å²) < 4.78 is 1.78. The number of hydrogen-bond acceptors (Lipinski definition) is 3. The topological polar surface area (TPSA) is 70.6 Å². The van der Waals surface area contributed by atoms with Gasteiger partial charge in [0.25, 0.3) is 0 Å². The van der Waals surface area contributed by atoms with Crippen molar-refractivity contribution < 1.29 is 9.59 Å². The molecule has 0 spiro atoms. The number of hydrazone groups is 1. The molecule has 0 bridgehead atoms. The van der Waals surface area contributed by atoms with Crippen LogP contribution >= 0.6 is 31.9 Å². The first-order chi connectivity index (χ1) is 10.5. The molecule has 2 aromatic carbocycles. The highest BCUT2D eigenvalue weighted by Gasteiger charge is 2.12. The third-order valence-corrected chi connectivity index (χ3v) is 3.56. The highest BCUT2D eigenvalue weighted by Crippen LogP contribution is 2.13. The van der Waals surface area contributed by atoms with E-state index in [1.54, 1.807) is 24.3 Å². The maximum absolute atomic E-state index is 11.7. The molecule has 0 unspecified atom stereocenters. The van der Waals surface area contributed by atoms with E-state index in [1.807, 2.05) is 24.3 Å². The van der Waals surface area contributed by atoms with Crippen LogP contribution in [0, 0.1) is 0 Å². The maximum atomic E-state index is 11.7. The van der Waals surface area contributed by atoms with Gasteiger partial charge in [0, 0.05) is 14.6 Å². The monoisotopic (exact) mass is 423 g/mol. The number of amides is 2. The SMILES string of the molecule is O=C(N/N=C\c1cccc(Br)c1)C(=O)Nc1ccc(Br)cc1. The summed E-state index contributed by atoms with van der Waals surface area (Å²) in [6.07, 6.45) is 1.45. The second kappa shape index (κ2) is 7.86. The minimum Gasteiger partial charge on any atom is -0.318 e. The Bertz CT molecular complexity index is 715. The van der Waals surface area contributed by atoms with E-state index in [-0.39, 0.29) is 0 Å². The van der Waals surface area contributed by atoms with E-state index < -0.39 is 11.8 Å². The molecule has 0 fully saturated rings. The number of rotatable bonds is 3. The van der Waals surface area contributed by atoms with Gasteiger partial charge in [0.1, 0.15) is 0 Å². The Kier molecular flexibility index (Phi) is 5.85. The number of carbonyl (C=O) groups is 2. The minimum absolute atomic E-state index is 0.527. The largest absolute Gasteiger partial charge is 0.329 e. The molecule has 0 aliphatic rings. The van der Waals surface area contributed by atoms with Gasteiger partial charge in [-0.05, 0) is 42.0 Å². The van der Waals surface area contributed by atoms with Crippen molar-refractivity contribution in [1.29, 1.82) is 0 Å². The number of carbonyl (C=O) groups excluding carboxylic acids is 2. The molecule has 5 nitrogen and oxygen atoms in total. The Morgan fingerprint density at radius 3 is 2.36 bits per heavy atom. The van der Waals surface area contributed by atoms with Crippen molar-refractivity contribution in [3.8, 4) is 0 Å². The van der Waals surface area contributed by atoms with Gasteiger partial charge in [0.05, 0.1) is 6.21 Å². The van der Waals surface area contributed by atoms with Crippen LogP contribution in [0.1, 0.15) is 5.56 Å². The lowest BCUT2D eigenvalue weighted by Gasteiger charge is -2.03. The fourth-order valence-corrected chi connectivity index (χ4v) is 2.21. The summed E-state index contributed by atoms with van der Waals surface area (Å²) in [5.41, 5.74) is 3.50. The first kappa shape index (κ1) is 16.4. The summed E-state index contributed by atoms with van der Waals surface area (Å²) in [7, 11) is 0. The van der Waals surface area contributed by atoms with Gasteiger partial charge in [-0.1, -0.05) is 44.0 Å². The number of nitrogens with zero attached hydrogens (tertiary/aromatic N) is 1. The van der Waals surface area contributed by atoms with E-state index in [2.05, 4.69) is 47.7 Å². The van der Waals surface area contributed by atoms with Crippen molar-refractivity contribution in [3.05, 3.63) is 63.0 Å². The third-order valence-electron chi connectivity index (χ3n) is 2.54. The molecular weight excluding hydrogens is 414 g/mol. The molecular formula is C15H11Br2N3O2. The molecule has 0 aromatic heterocycles. The summed E-state index contributed by atoms with van der Waals surface area (Å²) >= 11 is 6.62. The van der Waals surface area contributed by atoms with Crippen molar-refractivity contribution in [2.24, 2.45) is 5.10 Å². The van der Waals surface area contributed by atoms with Crippen LogP contribution in [0.2, 0.25) is 0 Å². The first-order valence-electron chi connectivity index (χ1n) is 6.20. The van der Waals surface area contributed by atoms with Crippen molar-refractivity contribution in [3.63, 3.8) is 0 Å². The van der Waals surface area contributed by atoms with E-state index >= 15 is 0 Å². The molecule has 22 heavy (non-hydrogen) atoms. The zero-order valence-corrected chi connectivity index (χ0v) is 14.4. The maximum Gasteiger partial charge on any atom is 0.329 e. The van der Waals surface area contributed by atoms with Gasteiger partial charge in [-0.3, -0.25) is 9.59 Å². The predicted molar refractivity (Wildman–Crippen MR) is 92.7 cm³/mol. The van der Waals surface area contributed by atoms with E-state index in [0.717, 1.165) is 14.5 Å². The first-order valence-corrected chi connectivity index (χ1v) is 7.79. The Morgan fingerprint density at radius 2 is 1.68 bits per heavy atom. The standard InChI is InChI=1S/C15H11Br2N3O2/c16-11-4-6-13(7-5-11)19-14(21)15(22)20-18-9-10-2-1-3-12(17)8-10/h1-9H,(H,19,21)(H,20,22)/b18-9-. The van der Waals surface area contributed by atoms with Crippen molar-refractivity contribution in [2.45, 2.75) is 0 Å². The van der Waals surface area contributed by atoms with Crippen LogP contribution in [0.25, 0.3) is 0 Å². The molecule has 2 amide bonds. The van der Waals surface area contributed by atoms with E-state index in [1.165, 1.54) is 6.21 Å². The van der Waals surface area contributed by atoms with Crippen LogP contribution in [-0.2, 0) is 9.59 Å². The average Bonchev–Trinajstić information content (AvgIpc) is 2.49. The summed E-state index contributed by atoms with van der Waals surface area (Å²) in [5, 5.41) is 6.22. The number of halogens is 2. The predicted octanol–water partition coefficient (Wildman–Crippen LogP) is 3.30. The lowest BCUT2D eigenvalue weighted by Crippen LogP contribution is -2.32. The van der Waals surface area contributed by atoms with Crippen LogP contribution in [0.4, 0.5) is 5.69 Å². The Balaban J connectivity index is 1.89. The van der Waals surface area contributed by atoms with Gasteiger partial charge in [0.15, 0.2) is 0 Å². The fraction of sp³-hybridized carbons (Fsp3) is 0. The van der Waals surface area contributed by atoms with Crippen molar-refractivity contribution >= 4 is 55.6 Å². The second-order valence-electron chi connectivity index (χ2n) is 4.22. The van der Waals surface area contributed by atoms with E-state index in [4.69, 9.17) is 0 Å². The molecule has 2 rings (SSSR count). The van der Waals surface area contributed by atoms with Gasteiger partial charge in [-0.15, -0.1) is 0 Å². The van der Waals surface area contributed by atoms with Crippen LogP contribution in [-0.4, -0.2) is 18.0 Å². The van der Waals surface area contributed by atoms with Crippen molar-refractivity contribution in [1.82, 2.24) is 5.43 Å². The number of anilines is 1. The quantitative estimate of drug-likeness (QED) is 0.450. The second-order valence-corrected chi connectivity index (χ2v) is 6.05. The van der Waals surface area contributed by atoms with Gasteiger partial charge in [-0.25, -0.2) is 5.43 Å². The molecule has 0 radical (unpaired) electrons. The summed E-state index contributed by atoms with van der Waals surface area (Å²) in [6.45, 7) is 0. The van der Waals surface area contributed by atoms with Gasteiger partial charge in [-0.2, -0.15) is 5.10 Å². The lowest BCUT2D eigenvalue weighted by atomic mass is 10.2. The van der Waals surface area contributed by atoms with E-state index in [0.29, 0.717) is 5.69 Å². The van der Waals surface area contributed by atoms with Gasteiger partial charge in [0.2, 0.25) is 0 Å². The van der Waals surface area contributed by atoms with E-state index in [9.17, 15) is 9.59 Å². The molecule has 112 valence electrons. The minimum atomic E-state index is -0.839. The highest BCUT2D eigenvalue weighted by atomic mass is 79.9. The lowest BCUT2D eigenvalue weighted by molar-refractivity contribution is -0.136. The van der Waals surface area contributed by atoms with Crippen molar-refractivity contribution in [2.75, 3.05) is 5.32 Å². The summed E-state index contributed by atoms with van der Waals surface area (Å²) in [6, 6.07) is 14.3. The molecule has 0 saturated carbocycles. The fourth-order valence-electron chi connectivity index (χ4n) is 1.52. The Labute approximate surface area is 144 Å². The van der Waals surface area contributed by atoms with Crippen LogP contribution in [0.3, 0.4) is 0 Å². The number of nitrogens with one attached hydrogen (secondary N) is 2. The van der Waals surface area contributed by atoms with Crippen LogP contribution in [0.5, 0.6) is 0 Å². The molecule has 0 saturated heterocycles. The number of benzene rings is 2. The third kappa shape index (κ3) is 5.09. The average molecular weight is 425 g/mol. The van der Waals surface area contributed by atoms with Crippen LogP contribution < -0.4 is 10.7 Å². The normalized spacial score (nSPS) is 10.5. The molecule has 0 aliphatic heterocycles. The molecule has 0 atom stereocenters. The van der Waals surface area contributed by atoms with Gasteiger partial charge < -0.3 is 5.32 Å².